The molecule has 1 N–H and O–H groups in total. The van der Waals surface area contributed by atoms with Crippen LogP contribution in [0.5, 0.6) is 11.5 Å². The van der Waals surface area contributed by atoms with Crippen molar-refractivity contribution in [1.29, 1.82) is 0 Å². The average molecular weight is 398 g/mol. The lowest BCUT2D eigenvalue weighted by molar-refractivity contribution is 0.284. The highest BCUT2D eigenvalue weighted by atomic mass is 35.5. The molecule has 28 heavy (non-hydrogen) atoms. The van der Waals surface area contributed by atoms with Crippen LogP contribution in [-0.2, 0) is 19.7 Å². The summed E-state index contributed by atoms with van der Waals surface area (Å²) in [4.78, 5) is 0. The molecule has 0 radical (unpaired) electrons. The van der Waals surface area contributed by atoms with Crippen LogP contribution in [0.4, 0.5) is 0 Å². The highest BCUT2D eigenvalue weighted by Crippen LogP contribution is 2.29. The van der Waals surface area contributed by atoms with E-state index >= 15 is 0 Å². The molecular formula is C24H28ClNO2. The largest absolute Gasteiger partial charge is 0.493 e. The van der Waals surface area contributed by atoms with Crippen molar-refractivity contribution >= 4 is 12.4 Å². The molecule has 0 spiro atoms. The van der Waals surface area contributed by atoms with Gasteiger partial charge in [0.25, 0.3) is 0 Å². The van der Waals surface area contributed by atoms with E-state index in [9.17, 15) is 0 Å². The van der Waals surface area contributed by atoms with Crippen molar-refractivity contribution < 1.29 is 9.47 Å². The van der Waals surface area contributed by atoms with Crippen LogP contribution in [0.25, 0.3) is 0 Å². The van der Waals surface area contributed by atoms with E-state index in [0.717, 1.165) is 30.2 Å². The van der Waals surface area contributed by atoms with Crippen LogP contribution in [0, 0.1) is 13.8 Å². The smallest absolute Gasteiger partial charge is 0.161 e. The molecule has 0 aromatic heterocycles. The van der Waals surface area contributed by atoms with Crippen molar-refractivity contribution in [2.75, 3.05) is 7.11 Å². The number of methoxy groups -OCH3 is 1. The number of hydrogen-bond donors (Lipinski definition) is 1. The topological polar surface area (TPSA) is 30.5 Å². The molecule has 0 saturated carbocycles. The molecule has 3 rings (SSSR count). The second-order valence-electron chi connectivity index (χ2n) is 6.85. The van der Waals surface area contributed by atoms with Gasteiger partial charge in [-0.05, 0) is 42.7 Å². The van der Waals surface area contributed by atoms with E-state index in [0.29, 0.717) is 6.61 Å². The Morgan fingerprint density at radius 3 is 2.14 bits per heavy atom. The molecule has 148 valence electrons. The molecule has 0 unspecified atom stereocenters. The van der Waals surface area contributed by atoms with E-state index in [4.69, 9.17) is 9.47 Å². The van der Waals surface area contributed by atoms with Gasteiger partial charge in [-0.25, -0.2) is 0 Å². The number of hydrogen-bond acceptors (Lipinski definition) is 3. The Kier molecular flexibility index (Phi) is 8.37. The summed E-state index contributed by atoms with van der Waals surface area (Å²) in [6, 6.07) is 23.0. The Bertz CT molecular complexity index is 878. The zero-order valence-electron chi connectivity index (χ0n) is 16.7. The predicted octanol–water partition coefficient (Wildman–Crippen LogP) is 5.60. The Hall–Kier alpha value is -2.49. The zero-order chi connectivity index (χ0) is 19.1. The van der Waals surface area contributed by atoms with Gasteiger partial charge < -0.3 is 14.8 Å². The highest BCUT2D eigenvalue weighted by Gasteiger charge is 2.07. The van der Waals surface area contributed by atoms with Gasteiger partial charge in [-0.15, -0.1) is 12.4 Å². The molecule has 4 heteroatoms. The molecule has 0 fully saturated rings. The van der Waals surface area contributed by atoms with Gasteiger partial charge in [-0.2, -0.15) is 0 Å². The first-order chi connectivity index (χ1) is 13.1. The Balaban J connectivity index is 0.00000280. The Morgan fingerprint density at radius 1 is 0.714 bits per heavy atom. The third kappa shape index (κ3) is 6.29. The summed E-state index contributed by atoms with van der Waals surface area (Å²) in [5.41, 5.74) is 6.12. The number of nitrogens with one attached hydrogen (secondary N) is 1. The summed E-state index contributed by atoms with van der Waals surface area (Å²) in [6.07, 6.45) is 0. The molecule has 0 bridgehead atoms. The fraction of sp³-hybridized carbons (Fsp3) is 0.250. The maximum Gasteiger partial charge on any atom is 0.161 e. The lowest BCUT2D eigenvalue weighted by Crippen LogP contribution is -2.12. The van der Waals surface area contributed by atoms with Gasteiger partial charge in [0.1, 0.15) is 6.61 Å². The fourth-order valence-electron chi connectivity index (χ4n) is 2.96. The van der Waals surface area contributed by atoms with E-state index in [2.05, 4.69) is 67.7 Å². The van der Waals surface area contributed by atoms with Gasteiger partial charge >= 0.3 is 0 Å². The van der Waals surface area contributed by atoms with E-state index in [-0.39, 0.29) is 12.4 Å². The standard InChI is InChI=1S/C24H27NO2.ClH/c1-18-7-9-20(10-8-18)15-25-16-21-11-12-23(24(14-21)26-3)27-17-22-6-4-5-19(2)13-22;/h4-14,25H,15-17H2,1-3H3;1H. The SMILES string of the molecule is COc1cc(CNCc2ccc(C)cc2)ccc1OCc1cccc(C)c1.Cl. The molecule has 0 amide bonds. The summed E-state index contributed by atoms with van der Waals surface area (Å²) >= 11 is 0. The van der Waals surface area contributed by atoms with Gasteiger partial charge in [0.05, 0.1) is 7.11 Å². The number of benzene rings is 3. The summed E-state index contributed by atoms with van der Waals surface area (Å²) < 4.78 is 11.5. The summed E-state index contributed by atoms with van der Waals surface area (Å²) in [5.74, 6) is 1.53. The molecule has 0 heterocycles. The fourth-order valence-corrected chi connectivity index (χ4v) is 2.96. The minimum absolute atomic E-state index is 0. The summed E-state index contributed by atoms with van der Waals surface area (Å²) in [6.45, 7) is 6.34. The van der Waals surface area contributed by atoms with E-state index in [1.165, 1.54) is 22.3 Å². The van der Waals surface area contributed by atoms with Gasteiger partial charge in [-0.1, -0.05) is 65.7 Å². The number of halogens is 1. The first kappa shape index (κ1) is 21.8. The lowest BCUT2D eigenvalue weighted by atomic mass is 10.1. The Labute approximate surface area is 174 Å². The van der Waals surface area contributed by atoms with Crippen LogP contribution in [-0.4, -0.2) is 7.11 Å². The maximum atomic E-state index is 5.96. The molecule has 3 aromatic carbocycles. The van der Waals surface area contributed by atoms with Gasteiger partial charge in [0.2, 0.25) is 0 Å². The maximum absolute atomic E-state index is 5.96. The average Bonchev–Trinajstić information content (AvgIpc) is 2.68. The monoisotopic (exact) mass is 397 g/mol. The second kappa shape index (κ2) is 10.7. The third-order valence-electron chi connectivity index (χ3n) is 4.48. The summed E-state index contributed by atoms with van der Waals surface area (Å²) in [5, 5.41) is 3.48. The van der Waals surface area contributed by atoms with Crippen LogP contribution < -0.4 is 14.8 Å². The Morgan fingerprint density at radius 2 is 1.43 bits per heavy atom. The van der Waals surface area contributed by atoms with Crippen molar-refractivity contribution in [2.24, 2.45) is 0 Å². The van der Waals surface area contributed by atoms with E-state index < -0.39 is 0 Å². The minimum atomic E-state index is 0. The normalized spacial score (nSPS) is 10.2. The highest BCUT2D eigenvalue weighted by molar-refractivity contribution is 5.85. The van der Waals surface area contributed by atoms with Crippen LogP contribution >= 0.6 is 12.4 Å². The van der Waals surface area contributed by atoms with Gasteiger partial charge in [-0.3, -0.25) is 0 Å². The molecule has 0 aliphatic heterocycles. The van der Waals surface area contributed by atoms with Crippen molar-refractivity contribution in [1.82, 2.24) is 5.32 Å². The molecular weight excluding hydrogens is 370 g/mol. The summed E-state index contributed by atoms with van der Waals surface area (Å²) in [7, 11) is 1.68. The minimum Gasteiger partial charge on any atom is -0.493 e. The van der Waals surface area contributed by atoms with Crippen LogP contribution in [0.2, 0.25) is 0 Å². The third-order valence-corrected chi connectivity index (χ3v) is 4.48. The second-order valence-corrected chi connectivity index (χ2v) is 6.85. The molecule has 0 aliphatic rings. The lowest BCUT2D eigenvalue weighted by Gasteiger charge is -2.13. The number of aryl methyl sites for hydroxylation is 2. The zero-order valence-corrected chi connectivity index (χ0v) is 17.5. The van der Waals surface area contributed by atoms with Crippen molar-refractivity contribution in [3.63, 3.8) is 0 Å². The van der Waals surface area contributed by atoms with E-state index in [1.54, 1.807) is 7.11 Å². The molecule has 3 nitrogen and oxygen atoms in total. The van der Waals surface area contributed by atoms with Crippen molar-refractivity contribution in [2.45, 2.75) is 33.5 Å². The molecule has 0 saturated heterocycles. The molecule has 3 aromatic rings. The van der Waals surface area contributed by atoms with Crippen molar-refractivity contribution in [3.8, 4) is 11.5 Å². The number of rotatable bonds is 8. The van der Waals surface area contributed by atoms with Crippen LogP contribution in [0.1, 0.15) is 27.8 Å². The van der Waals surface area contributed by atoms with Crippen LogP contribution in [0.3, 0.4) is 0 Å². The number of ether oxygens (including phenoxy) is 2. The first-order valence-corrected chi connectivity index (χ1v) is 9.25. The van der Waals surface area contributed by atoms with E-state index in [1.807, 2.05) is 18.2 Å². The van der Waals surface area contributed by atoms with Crippen molar-refractivity contribution in [3.05, 3.63) is 94.5 Å². The molecule has 0 aliphatic carbocycles. The van der Waals surface area contributed by atoms with Gasteiger partial charge in [0.15, 0.2) is 11.5 Å². The molecule has 0 atom stereocenters. The first-order valence-electron chi connectivity index (χ1n) is 9.25. The predicted molar refractivity (Wildman–Crippen MR) is 117 cm³/mol. The van der Waals surface area contributed by atoms with Gasteiger partial charge in [0, 0.05) is 13.1 Å². The van der Waals surface area contributed by atoms with Crippen LogP contribution in [0.15, 0.2) is 66.7 Å². The quantitative estimate of drug-likeness (QED) is 0.536.